The highest BCUT2D eigenvalue weighted by molar-refractivity contribution is 5.38. The predicted molar refractivity (Wildman–Crippen MR) is 88.9 cm³/mol. The molecule has 0 aliphatic heterocycles. The van der Waals surface area contributed by atoms with Crippen LogP contribution < -0.4 is 9.47 Å². The Morgan fingerprint density at radius 1 is 1.09 bits per heavy atom. The highest BCUT2D eigenvalue weighted by Gasteiger charge is 2.17. The Morgan fingerprint density at radius 3 is 2.23 bits per heavy atom. The first-order chi connectivity index (χ1) is 10.4. The monoisotopic (exact) mass is 302 g/mol. The molecular weight excluding hydrogens is 276 g/mol. The Kier molecular flexibility index (Phi) is 5.11. The quantitative estimate of drug-likeness (QED) is 0.804. The van der Waals surface area contributed by atoms with E-state index in [0.29, 0.717) is 11.9 Å². The van der Waals surface area contributed by atoms with Gasteiger partial charge in [-0.05, 0) is 52.3 Å². The van der Waals surface area contributed by atoms with Crippen molar-refractivity contribution < 1.29 is 9.47 Å². The lowest BCUT2D eigenvalue weighted by atomic mass is 10.1. The standard InChI is InChI=1S/C18H26N2O2/c1-12(2)20-14(5)17(18(19-20)21-6)11-15-7-9-16(10-8-15)22-13(3)4/h7-10,12-13H,11H2,1-6H3. The second-order valence-corrected chi connectivity index (χ2v) is 6.10. The van der Waals surface area contributed by atoms with E-state index in [-0.39, 0.29) is 6.10 Å². The molecular formula is C18H26N2O2. The second-order valence-electron chi connectivity index (χ2n) is 6.10. The molecule has 0 N–H and O–H groups in total. The summed E-state index contributed by atoms with van der Waals surface area (Å²) in [6.07, 6.45) is 1.00. The maximum Gasteiger partial charge on any atom is 0.236 e. The van der Waals surface area contributed by atoms with Crippen molar-refractivity contribution in [3.05, 3.63) is 41.1 Å². The van der Waals surface area contributed by atoms with Gasteiger partial charge in [0.25, 0.3) is 0 Å². The third-order valence-electron chi connectivity index (χ3n) is 3.60. The van der Waals surface area contributed by atoms with Gasteiger partial charge in [0.2, 0.25) is 5.88 Å². The van der Waals surface area contributed by atoms with Crippen LogP contribution in [0.4, 0.5) is 0 Å². The maximum atomic E-state index is 5.68. The second kappa shape index (κ2) is 6.86. The minimum Gasteiger partial charge on any atom is -0.491 e. The van der Waals surface area contributed by atoms with Gasteiger partial charge in [0.1, 0.15) is 5.75 Å². The number of nitrogens with zero attached hydrogens (tertiary/aromatic N) is 2. The van der Waals surface area contributed by atoms with E-state index >= 15 is 0 Å². The smallest absolute Gasteiger partial charge is 0.236 e. The van der Waals surface area contributed by atoms with E-state index in [1.807, 2.05) is 30.7 Å². The lowest BCUT2D eigenvalue weighted by Crippen LogP contribution is -2.05. The minimum absolute atomic E-state index is 0.192. The molecule has 0 aliphatic rings. The van der Waals surface area contributed by atoms with Crippen molar-refractivity contribution in [2.24, 2.45) is 0 Å². The molecule has 22 heavy (non-hydrogen) atoms. The molecule has 0 radical (unpaired) electrons. The van der Waals surface area contributed by atoms with Gasteiger partial charge in [-0.1, -0.05) is 12.1 Å². The Hall–Kier alpha value is -1.97. The van der Waals surface area contributed by atoms with E-state index in [1.54, 1.807) is 7.11 Å². The van der Waals surface area contributed by atoms with Crippen LogP contribution in [0.5, 0.6) is 11.6 Å². The van der Waals surface area contributed by atoms with Crippen molar-refractivity contribution in [1.82, 2.24) is 9.78 Å². The van der Waals surface area contributed by atoms with Gasteiger partial charge in [-0.25, -0.2) is 0 Å². The predicted octanol–water partition coefficient (Wildman–Crippen LogP) is 4.16. The lowest BCUT2D eigenvalue weighted by Gasteiger charge is -2.10. The fraction of sp³-hybridized carbons (Fsp3) is 0.500. The summed E-state index contributed by atoms with van der Waals surface area (Å²) in [7, 11) is 1.68. The topological polar surface area (TPSA) is 36.3 Å². The molecule has 0 aliphatic carbocycles. The molecule has 1 aromatic carbocycles. The van der Waals surface area contributed by atoms with Crippen molar-refractivity contribution >= 4 is 0 Å². The Balaban J connectivity index is 2.23. The summed E-state index contributed by atoms with van der Waals surface area (Å²) < 4.78 is 13.1. The summed E-state index contributed by atoms with van der Waals surface area (Å²) in [6, 6.07) is 8.56. The number of aromatic nitrogens is 2. The Bertz CT molecular complexity index is 613. The molecule has 0 amide bonds. The van der Waals surface area contributed by atoms with E-state index in [0.717, 1.165) is 23.4 Å². The molecule has 120 valence electrons. The Morgan fingerprint density at radius 2 is 1.73 bits per heavy atom. The van der Waals surface area contributed by atoms with Gasteiger partial charge in [0.15, 0.2) is 0 Å². The third kappa shape index (κ3) is 3.62. The molecule has 2 rings (SSSR count). The van der Waals surface area contributed by atoms with Crippen LogP contribution in [0.3, 0.4) is 0 Å². The van der Waals surface area contributed by atoms with Gasteiger partial charge in [-0.2, -0.15) is 0 Å². The SMILES string of the molecule is COc1nn(C(C)C)c(C)c1Cc1ccc(OC(C)C)cc1. The summed E-state index contributed by atoms with van der Waals surface area (Å²) in [4.78, 5) is 0. The van der Waals surface area contributed by atoms with Gasteiger partial charge in [-0.3, -0.25) is 4.68 Å². The molecule has 0 saturated heterocycles. The van der Waals surface area contributed by atoms with Gasteiger partial charge in [0, 0.05) is 23.7 Å². The van der Waals surface area contributed by atoms with E-state index in [9.17, 15) is 0 Å². The number of benzene rings is 1. The average molecular weight is 302 g/mol. The molecule has 4 heteroatoms. The van der Waals surface area contributed by atoms with Crippen molar-refractivity contribution in [2.45, 2.75) is 53.2 Å². The van der Waals surface area contributed by atoms with E-state index < -0.39 is 0 Å². The van der Waals surface area contributed by atoms with Crippen LogP contribution in [0.2, 0.25) is 0 Å². The number of hydrogen-bond acceptors (Lipinski definition) is 3. The third-order valence-corrected chi connectivity index (χ3v) is 3.60. The number of hydrogen-bond donors (Lipinski definition) is 0. The largest absolute Gasteiger partial charge is 0.491 e. The van der Waals surface area contributed by atoms with Crippen molar-refractivity contribution in [3.8, 4) is 11.6 Å². The van der Waals surface area contributed by atoms with E-state index in [2.05, 4.69) is 38.0 Å². The number of ether oxygens (including phenoxy) is 2. The van der Waals surface area contributed by atoms with E-state index in [1.165, 1.54) is 5.56 Å². The summed E-state index contributed by atoms with van der Waals surface area (Å²) in [5.41, 5.74) is 3.53. The van der Waals surface area contributed by atoms with E-state index in [4.69, 9.17) is 9.47 Å². The minimum atomic E-state index is 0.192. The van der Waals surface area contributed by atoms with Crippen LogP contribution in [0, 0.1) is 6.92 Å². The first-order valence-corrected chi connectivity index (χ1v) is 7.80. The molecule has 1 heterocycles. The molecule has 0 saturated carbocycles. The Labute approximate surface area is 133 Å². The maximum absolute atomic E-state index is 5.68. The van der Waals surface area contributed by atoms with Crippen molar-refractivity contribution in [3.63, 3.8) is 0 Å². The normalized spacial score (nSPS) is 11.3. The zero-order chi connectivity index (χ0) is 16.3. The summed E-state index contributed by atoms with van der Waals surface area (Å²) in [5.74, 6) is 1.62. The van der Waals surface area contributed by atoms with Crippen molar-refractivity contribution in [2.75, 3.05) is 7.11 Å². The lowest BCUT2D eigenvalue weighted by molar-refractivity contribution is 0.242. The fourth-order valence-corrected chi connectivity index (χ4v) is 2.56. The number of methoxy groups -OCH3 is 1. The summed E-state index contributed by atoms with van der Waals surface area (Å²) >= 11 is 0. The molecule has 0 spiro atoms. The molecule has 2 aromatic rings. The highest BCUT2D eigenvalue weighted by atomic mass is 16.5. The first-order valence-electron chi connectivity index (χ1n) is 7.80. The molecule has 0 bridgehead atoms. The van der Waals surface area contributed by atoms with Crippen LogP contribution in [0.25, 0.3) is 0 Å². The van der Waals surface area contributed by atoms with Crippen LogP contribution in [0.1, 0.15) is 50.6 Å². The average Bonchev–Trinajstić information content (AvgIpc) is 2.77. The first kappa shape index (κ1) is 16.4. The van der Waals surface area contributed by atoms with Gasteiger partial charge >= 0.3 is 0 Å². The van der Waals surface area contributed by atoms with Crippen LogP contribution in [0.15, 0.2) is 24.3 Å². The van der Waals surface area contributed by atoms with Crippen LogP contribution in [-0.2, 0) is 6.42 Å². The van der Waals surface area contributed by atoms with Crippen LogP contribution in [-0.4, -0.2) is 23.0 Å². The molecule has 0 unspecified atom stereocenters. The summed E-state index contributed by atoms with van der Waals surface area (Å²) in [6.45, 7) is 10.4. The fourth-order valence-electron chi connectivity index (χ4n) is 2.56. The van der Waals surface area contributed by atoms with Gasteiger partial charge in [0.05, 0.1) is 13.2 Å². The highest BCUT2D eigenvalue weighted by Crippen LogP contribution is 2.27. The van der Waals surface area contributed by atoms with Crippen molar-refractivity contribution in [1.29, 1.82) is 0 Å². The molecule has 0 atom stereocenters. The molecule has 0 fully saturated rings. The zero-order valence-electron chi connectivity index (χ0n) is 14.4. The summed E-state index contributed by atoms with van der Waals surface area (Å²) in [5, 5.41) is 4.55. The zero-order valence-corrected chi connectivity index (χ0v) is 14.4. The van der Waals surface area contributed by atoms with Gasteiger partial charge < -0.3 is 9.47 Å². The van der Waals surface area contributed by atoms with Crippen LogP contribution >= 0.6 is 0 Å². The van der Waals surface area contributed by atoms with Gasteiger partial charge in [-0.15, -0.1) is 5.10 Å². The molecule has 4 nitrogen and oxygen atoms in total. The molecule has 1 aromatic heterocycles. The number of rotatable bonds is 6.